The summed E-state index contributed by atoms with van der Waals surface area (Å²) in [7, 11) is 0. The van der Waals surface area contributed by atoms with Gasteiger partial charge in [-0.05, 0) is 30.5 Å². The lowest BCUT2D eigenvalue weighted by Gasteiger charge is -2.00. The Balaban J connectivity index is 2.25. The van der Waals surface area contributed by atoms with Crippen molar-refractivity contribution in [3.8, 4) is 0 Å². The third kappa shape index (κ3) is 4.33. The lowest BCUT2D eigenvalue weighted by atomic mass is 10.1. The molecule has 0 spiro atoms. The normalized spacial score (nSPS) is 10.3. The Hall–Kier alpha value is -0.490. The maximum Gasteiger partial charge on any atom is 0.0406 e. The molecule has 1 aromatic rings. The molecule has 0 saturated heterocycles. The van der Waals surface area contributed by atoms with Crippen LogP contribution in [-0.2, 0) is 6.42 Å². The zero-order valence-electron chi connectivity index (χ0n) is 7.93. The summed E-state index contributed by atoms with van der Waals surface area (Å²) in [5.74, 6) is 0. The Morgan fingerprint density at radius 2 is 1.69 bits per heavy atom. The van der Waals surface area contributed by atoms with E-state index in [9.17, 15) is 0 Å². The average Bonchev–Trinajstić information content (AvgIpc) is 2.15. The highest BCUT2D eigenvalue weighted by Crippen LogP contribution is 2.12. The molecule has 1 aromatic carbocycles. The Bertz CT molecular complexity index is 225. The first-order chi connectivity index (χ1) is 6.33. The monoisotopic (exact) mass is 195 g/mol. The van der Waals surface area contributed by atoms with Crippen LogP contribution in [0, 0.1) is 6.92 Å². The SMILES string of the molecule is [CH2]CCCCCc1ccc(Cl)cc1. The number of hydrogen-bond donors (Lipinski definition) is 0. The topological polar surface area (TPSA) is 0 Å². The van der Waals surface area contributed by atoms with Gasteiger partial charge in [-0.3, -0.25) is 0 Å². The number of rotatable bonds is 5. The highest BCUT2D eigenvalue weighted by Gasteiger charge is 1.93. The van der Waals surface area contributed by atoms with Crippen LogP contribution in [-0.4, -0.2) is 0 Å². The molecule has 0 aromatic heterocycles. The molecule has 0 bridgehead atoms. The molecule has 1 rings (SSSR count). The van der Waals surface area contributed by atoms with Crippen LogP contribution in [0.1, 0.15) is 31.2 Å². The van der Waals surface area contributed by atoms with Crippen molar-refractivity contribution >= 4 is 11.6 Å². The Morgan fingerprint density at radius 1 is 1.00 bits per heavy atom. The highest BCUT2D eigenvalue weighted by molar-refractivity contribution is 6.30. The summed E-state index contributed by atoms with van der Waals surface area (Å²) in [5.41, 5.74) is 1.38. The first-order valence-corrected chi connectivity index (χ1v) is 5.24. The van der Waals surface area contributed by atoms with E-state index >= 15 is 0 Å². The van der Waals surface area contributed by atoms with Crippen molar-refractivity contribution in [3.05, 3.63) is 41.8 Å². The minimum absolute atomic E-state index is 0.821. The van der Waals surface area contributed by atoms with E-state index in [2.05, 4.69) is 19.1 Å². The zero-order valence-corrected chi connectivity index (χ0v) is 8.69. The first kappa shape index (κ1) is 10.6. The molecule has 0 heterocycles. The molecule has 0 fully saturated rings. The fourth-order valence-corrected chi connectivity index (χ4v) is 1.46. The van der Waals surface area contributed by atoms with Crippen molar-refractivity contribution in [2.75, 3.05) is 0 Å². The van der Waals surface area contributed by atoms with Crippen LogP contribution in [0.25, 0.3) is 0 Å². The summed E-state index contributed by atoms with van der Waals surface area (Å²) in [6, 6.07) is 8.12. The largest absolute Gasteiger partial charge is 0.0843 e. The van der Waals surface area contributed by atoms with Crippen molar-refractivity contribution in [1.82, 2.24) is 0 Å². The predicted octanol–water partition coefficient (Wildman–Crippen LogP) is 4.28. The summed E-state index contributed by atoms with van der Waals surface area (Å²) in [4.78, 5) is 0. The summed E-state index contributed by atoms with van der Waals surface area (Å²) in [6.07, 6.45) is 6.01. The second-order valence-electron chi connectivity index (χ2n) is 3.29. The number of benzene rings is 1. The molecule has 1 heteroatoms. The minimum Gasteiger partial charge on any atom is -0.0843 e. The van der Waals surface area contributed by atoms with Gasteiger partial charge in [0.1, 0.15) is 0 Å². The van der Waals surface area contributed by atoms with Gasteiger partial charge in [0.25, 0.3) is 0 Å². The quantitative estimate of drug-likeness (QED) is 0.616. The fourth-order valence-electron chi connectivity index (χ4n) is 1.33. The molecule has 1 radical (unpaired) electrons. The molecule has 0 atom stereocenters. The fraction of sp³-hybridized carbons (Fsp3) is 0.417. The van der Waals surface area contributed by atoms with Crippen LogP contribution in [0.15, 0.2) is 24.3 Å². The van der Waals surface area contributed by atoms with Gasteiger partial charge in [-0.2, -0.15) is 0 Å². The lowest BCUT2D eigenvalue weighted by molar-refractivity contribution is 0.686. The third-order valence-corrected chi connectivity index (χ3v) is 2.38. The Labute approximate surface area is 85.9 Å². The summed E-state index contributed by atoms with van der Waals surface area (Å²) in [6.45, 7) is 3.82. The van der Waals surface area contributed by atoms with Crippen molar-refractivity contribution in [2.45, 2.75) is 32.1 Å². The lowest BCUT2D eigenvalue weighted by Crippen LogP contribution is -1.84. The molecule has 0 nitrogen and oxygen atoms in total. The molecule has 0 aliphatic rings. The molecule has 0 aliphatic carbocycles. The maximum absolute atomic E-state index is 5.79. The van der Waals surface area contributed by atoms with Gasteiger partial charge in [-0.15, -0.1) is 0 Å². The van der Waals surface area contributed by atoms with Gasteiger partial charge in [-0.1, -0.05) is 49.9 Å². The van der Waals surface area contributed by atoms with Crippen LogP contribution in [0.4, 0.5) is 0 Å². The number of unbranched alkanes of at least 4 members (excludes halogenated alkanes) is 3. The molecule has 0 saturated carbocycles. The maximum atomic E-state index is 5.79. The van der Waals surface area contributed by atoms with Gasteiger partial charge in [-0.25, -0.2) is 0 Å². The van der Waals surface area contributed by atoms with Crippen LogP contribution in [0.5, 0.6) is 0 Å². The van der Waals surface area contributed by atoms with Gasteiger partial charge in [0.05, 0.1) is 0 Å². The van der Waals surface area contributed by atoms with E-state index in [1.807, 2.05) is 12.1 Å². The number of aryl methyl sites for hydroxylation is 1. The summed E-state index contributed by atoms with van der Waals surface area (Å²) in [5, 5.41) is 0.821. The molecule has 0 N–H and O–H groups in total. The first-order valence-electron chi connectivity index (χ1n) is 4.86. The van der Waals surface area contributed by atoms with Gasteiger partial charge in [0.15, 0.2) is 0 Å². The third-order valence-electron chi connectivity index (χ3n) is 2.13. The molecule has 0 aliphatic heterocycles. The number of halogens is 1. The molecular formula is C12H16Cl. The van der Waals surface area contributed by atoms with E-state index in [1.54, 1.807) is 0 Å². The Kier molecular flexibility index (Phi) is 4.92. The average molecular weight is 196 g/mol. The predicted molar refractivity (Wildman–Crippen MR) is 59.0 cm³/mol. The van der Waals surface area contributed by atoms with Crippen molar-refractivity contribution in [3.63, 3.8) is 0 Å². The smallest absolute Gasteiger partial charge is 0.0406 e. The van der Waals surface area contributed by atoms with Crippen molar-refractivity contribution in [2.24, 2.45) is 0 Å². The Morgan fingerprint density at radius 3 is 2.31 bits per heavy atom. The van der Waals surface area contributed by atoms with Crippen LogP contribution < -0.4 is 0 Å². The van der Waals surface area contributed by atoms with Crippen molar-refractivity contribution in [1.29, 1.82) is 0 Å². The minimum atomic E-state index is 0.821. The highest BCUT2D eigenvalue weighted by atomic mass is 35.5. The van der Waals surface area contributed by atoms with Crippen molar-refractivity contribution < 1.29 is 0 Å². The van der Waals surface area contributed by atoms with Crippen LogP contribution in [0.2, 0.25) is 5.02 Å². The molecule has 0 amide bonds. The van der Waals surface area contributed by atoms with E-state index in [1.165, 1.54) is 24.8 Å². The van der Waals surface area contributed by atoms with E-state index in [-0.39, 0.29) is 0 Å². The van der Waals surface area contributed by atoms with Crippen LogP contribution >= 0.6 is 11.6 Å². The van der Waals surface area contributed by atoms with E-state index in [0.29, 0.717) is 0 Å². The van der Waals surface area contributed by atoms with E-state index < -0.39 is 0 Å². The van der Waals surface area contributed by atoms with Gasteiger partial charge in [0.2, 0.25) is 0 Å². The van der Waals surface area contributed by atoms with E-state index in [4.69, 9.17) is 11.6 Å². The molecule has 0 unspecified atom stereocenters. The van der Waals surface area contributed by atoms with Gasteiger partial charge >= 0.3 is 0 Å². The standard InChI is InChI=1S/C12H16Cl/c1-2-3-4-5-6-11-7-9-12(13)10-8-11/h7-10H,1-6H2. The zero-order chi connectivity index (χ0) is 9.52. The number of hydrogen-bond acceptors (Lipinski definition) is 0. The molecule has 71 valence electrons. The second kappa shape index (κ2) is 6.04. The van der Waals surface area contributed by atoms with E-state index in [0.717, 1.165) is 17.9 Å². The van der Waals surface area contributed by atoms with Gasteiger partial charge < -0.3 is 0 Å². The summed E-state index contributed by atoms with van der Waals surface area (Å²) < 4.78 is 0. The molecule has 13 heavy (non-hydrogen) atoms. The van der Waals surface area contributed by atoms with Gasteiger partial charge in [0, 0.05) is 5.02 Å². The molecular weight excluding hydrogens is 180 g/mol. The second-order valence-corrected chi connectivity index (χ2v) is 3.73. The summed E-state index contributed by atoms with van der Waals surface area (Å²) >= 11 is 5.79. The van der Waals surface area contributed by atoms with Crippen LogP contribution in [0.3, 0.4) is 0 Å².